The van der Waals surface area contributed by atoms with Gasteiger partial charge in [-0.25, -0.2) is 13.8 Å². The molecule has 0 amide bonds. The average Bonchev–Trinajstić information content (AvgIpc) is 2.86. The van der Waals surface area contributed by atoms with Crippen LogP contribution in [0.4, 0.5) is 14.5 Å². The molecule has 3 rings (SSSR count). The molecule has 0 spiro atoms. The Balaban J connectivity index is 1.86. The van der Waals surface area contributed by atoms with Crippen LogP contribution in [0.3, 0.4) is 0 Å². The molecule has 0 unspecified atom stereocenters. The van der Waals surface area contributed by atoms with Gasteiger partial charge in [0.25, 0.3) is 5.56 Å². The third-order valence-corrected chi connectivity index (χ3v) is 6.37. The largest absolute Gasteiger partial charge is 0.486 e. The molecular formula is C30H39F2N3O2. The normalized spacial score (nSPS) is 11.1. The van der Waals surface area contributed by atoms with Gasteiger partial charge in [0, 0.05) is 37.0 Å². The Morgan fingerprint density at radius 2 is 1.59 bits per heavy atom. The van der Waals surface area contributed by atoms with Crippen molar-refractivity contribution in [2.24, 2.45) is 0 Å². The Bertz CT molecular complexity index is 1180. The van der Waals surface area contributed by atoms with Crippen molar-refractivity contribution >= 4 is 5.69 Å². The second kappa shape index (κ2) is 14.5. The molecule has 0 saturated heterocycles. The number of nitrogens with zero attached hydrogens (tertiary/aromatic N) is 3. The van der Waals surface area contributed by atoms with E-state index < -0.39 is 5.82 Å². The summed E-state index contributed by atoms with van der Waals surface area (Å²) in [6.07, 6.45) is 8.96. The zero-order valence-corrected chi connectivity index (χ0v) is 22.3. The molecule has 0 radical (unpaired) electrons. The molecule has 0 atom stereocenters. The molecule has 7 heteroatoms. The molecule has 0 N–H and O–H groups in total. The van der Waals surface area contributed by atoms with E-state index in [1.165, 1.54) is 41.7 Å². The first kappa shape index (κ1) is 28.4. The smallest absolute Gasteiger partial charge is 0.258 e. The lowest BCUT2D eigenvalue weighted by molar-refractivity contribution is 0.290. The Kier molecular flexibility index (Phi) is 11.1. The van der Waals surface area contributed by atoms with Crippen LogP contribution in [0.5, 0.6) is 5.75 Å². The van der Waals surface area contributed by atoms with E-state index in [1.54, 1.807) is 31.2 Å². The van der Waals surface area contributed by atoms with E-state index in [1.807, 2.05) is 0 Å². The van der Waals surface area contributed by atoms with Crippen LogP contribution in [-0.4, -0.2) is 22.6 Å². The molecule has 3 aromatic rings. The van der Waals surface area contributed by atoms with E-state index in [4.69, 9.17) is 4.74 Å². The second-order valence-corrected chi connectivity index (χ2v) is 9.48. The summed E-state index contributed by atoms with van der Waals surface area (Å²) >= 11 is 0. The van der Waals surface area contributed by atoms with Crippen molar-refractivity contribution in [1.29, 1.82) is 0 Å². The molecule has 5 nitrogen and oxygen atoms in total. The lowest BCUT2D eigenvalue weighted by Gasteiger charge is -2.26. The van der Waals surface area contributed by atoms with Crippen LogP contribution in [0, 0.1) is 18.6 Å². The van der Waals surface area contributed by atoms with Gasteiger partial charge in [0.2, 0.25) is 0 Å². The highest BCUT2D eigenvalue weighted by atomic mass is 19.1. The number of benzene rings is 2. The van der Waals surface area contributed by atoms with Gasteiger partial charge in [0.05, 0.1) is 11.4 Å². The van der Waals surface area contributed by atoms with E-state index >= 15 is 4.39 Å². The molecule has 0 bridgehead atoms. The zero-order valence-electron chi connectivity index (χ0n) is 22.3. The Labute approximate surface area is 219 Å². The van der Waals surface area contributed by atoms with Crippen molar-refractivity contribution in [1.82, 2.24) is 9.55 Å². The third-order valence-electron chi connectivity index (χ3n) is 6.37. The van der Waals surface area contributed by atoms with Crippen LogP contribution >= 0.6 is 0 Å². The summed E-state index contributed by atoms with van der Waals surface area (Å²) in [4.78, 5) is 19.5. The number of hydrogen-bond donors (Lipinski definition) is 0. The molecule has 0 aliphatic heterocycles. The fourth-order valence-electron chi connectivity index (χ4n) is 4.44. The standard InChI is InChI=1S/C30H39F2N3O2/c1-4-6-8-10-17-34(18-11-9-7-5-2)28-16-15-25(21-27(28)32)35-29(33-23(3)19-30(35)36)22-37-26-14-12-13-24(31)20-26/h12-16,19-21H,4-11,17-18,22H2,1-3H3. The van der Waals surface area contributed by atoms with Gasteiger partial charge in [-0.3, -0.25) is 9.36 Å². The predicted molar refractivity (Wildman–Crippen MR) is 146 cm³/mol. The van der Waals surface area contributed by atoms with Gasteiger partial charge in [-0.05, 0) is 44.0 Å². The van der Waals surface area contributed by atoms with Gasteiger partial charge in [0.15, 0.2) is 5.82 Å². The van der Waals surface area contributed by atoms with Gasteiger partial charge in [-0.2, -0.15) is 0 Å². The minimum absolute atomic E-state index is 0.0648. The van der Waals surface area contributed by atoms with E-state index in [0.717, 1.165) is 51.6 Å². The first-order valence-electron chi connectivity index (χ1n) is 13.5. The number of anilines is 1. The summed E-state index contributed by atoms with van der Waals surface area (Å²) in [6.45, 7) is 7.63. The Morgan fingerprint density at radius 3 is 2.22 bits per heavy atom. The topological polar surface area (TPSA) is 47.4 Å². The highest BCUT2D eigenvalue weighted by molar-refractivity contribution is 5.52. The first-order valence-corrected chi connectivity index (χ1v) is 13.5. The summed E-state index contributed by atoms with van der Waals surface area (Å²) < 4.78 is 36.1. The number of aryl methyl sites for hydroxylation is 1. The van der Waals surface area contributed by atoms with Gasteiger partial charge in [0.1, 0.15) is 24.0 Å². The van der Waals surface area contributed by atoms with Crippen molar-refractivity contribution in [2.75, 3.05) is 18.0 Å². The predicted octanol–water partition coefficient (Wildman–Crippen LogP) is 7.37. The molecule has 200 valence electrons. The third kappa shape index (κ3) is 8.41. The van der Waals surface area contributed by atoms with Gasteiger partial charge in [-0.1, -0.05) is 58.4 Å². The maximum Gasteiger partial charge on any atom is 0.258 e. The van der Waals surface area contributed by atoms with E-state index in [2.05, 4.69) is 23.7 Å². The Hall–Kier alpha value is -3.22. The number of hydrogen-bond acceptors (Lipinski definition) is 4. The summed E-state index contributed by atoms with van der Waals surface area (Å²) in [6, 6.07) is 12.1. The summed E-state index contributed by atoms with van der Waals surface area (Å²) in [5.74, 6) is -0.144. The molecule has 1 heterocycles. The van der Waals surface area contributed by atoms with Crippen molar-refractivity contribution in [3.63, 3.8) is 0 Å². The van der Waals surface area contributed by atoms with Crippen molar-refractivity contribution in [3.8, 4) is 11.4 Å². The number of rotatable bonds is 15. The fourth-order valence-corrected chi connectivity index (χ4v) is 4.44. The average molecular weight is 512 g/mol. The lowest BCUT2D eigenvalue weighted by atomic mass is 10.1. The molecular weight excluding hydrogens is 472 g/mol. The van der Waals surface area contributed by atoms with Crippen molar-refractivity contribution < 1.29 is 13.5 Å². The number of ether oxygens (including phenoxy) is 1. The number of unbranched alkanes of at least 4 members (excludes halogenated alkanes) is 6. The summed E-state index contributed by atoms with van der Waals surface area (Å²) in [7, 11) is 0. The molecule has 37 heavy (non-hydrogen) atoms. The van der Waals surface area contributed by atoms with Crippen LogP contribution in [0.1, 0.15) is 76.7 Å². The van der Waals surface area contributed by atoms with E-state index in [0.29, 0.717) is 28.6 Å². The van der Waals surface area contributed by atoms with Crippen LogP contribution in [0.2, 0.25) is 0 Å². The zero-order chi connectivity index (χ0) is 26.6. The van der Waals surface area contributed by atoms with Crippen LogP contribution < -0.4 is 15.2 Å². The molecule has 0 aliphatic carbocycles. The Morgan fingerprint density at radius 1 is 0.892 bits per heavy atom. The van der Waals surface area contributed by atoms with Crippen molar-refractivity contribution in [3.05, 3.63) is 82.0 Å². The quantitative estimate of drug-likeness (QED) is 0.200. The first-order chi connectivity index (χ1) is 17.9. The summed E-state index contributed by atoms with van der Waals surface area (Å²) in [5, 5.41) is 0. The fraction of sp³-hybridized carbons (Fsp3) is 0.467. The molecule has 0 saturated carbocycles. The summed E-state index contributed by atoms with van der Waals surface area (Å²) in [5.41, 5.74) is 1.14. The molecule has 1 aromatic heterocycles. The SMILES string of the molecule is CCCCCCN(CCCCCC)c1ccc(-n2c(COc3cccc(F)c3)nc(C)cc2=O)cc1F. The molecule has 0 aliphatic rings. The van der Waals surface area contributed by atoms with E-state index in [9.17, 15) is 9.18 Å². The molecule has 0 fully saturated rings. The van der Waals surface area contributed by atoms with E-state index in [-0.39, 0.29) is 18.0 Å². The second-order valence-electron chi connectivity index (χ2n) is 9.48. The van der Waals surface area contributed by atoms with Gasteiger partial charge >= 0.3 is 0 Å². The highest BCUT2D eigenvalue weighted by Crippen LogP contribution is 2.24. The van der Waals surface area contributed by atoms with Crippen LogP contribution in [0.25, 0.3) is 5.69 Å². The minimum atomic E-state index is -0.418. The molecule has 2 aromatic carbocycles. The van der Waals surface area contributed by atoms with Crippen LogP contribution in [0.15, 0.2) is 53.3 Å². The van der Waals surface area contributed by atoms with Crippen molar-refractivity contribution in [2.45, 2.75) is 78.7 Å². The van der Waals surface area contributed by atoms with Gasteiger partial charge < -0.3 is 9.64 Å². The lowest BCUT2D eigenvalue weighted by Crippen LogP contribution is -2.27. The van der Waals surface area contributed by atoms with Crippen LogP contribution in [-0.2, 0) is 6.61 Å². The number of halogens is 2. The highest BCUT2D eigenvalue weighted by Gasteiger charge is 2.16. The monoisotopic (exact) mass is 511 g/mol. The number of aromatic nitrogens is 2. The minimum Gasteiger partial charge on any atom is -0.486 e. The maximum atomic E-state index is 15.5. The van der Waals surface area contributed by atoms with Gasteiger partial charge in [-0.15, -0.1) is 0 Å². The maximum absolute atomic E-state index is 15.5.